The van der Waals surface area contributed by atoms with Gasteiger partial charge in [0.05, 0.1) is 12.8 Å². The van der Waals surface area contributed by atoms with Crippen molar-refractivity contribution in [2.24, 2.45) is 0 Å². The van der Waals surface area contributed by atoms with Crippen molar-refractivity contribution in [1.29, 1.82) is 0 Å². The van der Waals surface area contributed by atoms with E-state index in [0.29, 0.717) is 18.0 Å². The van der Waals surface area contributed by atoms with Gasteiger partial charge in [-0.1, -0.05) is 12.1 Å². The molecule has 0 aromatic heterocycles. The summed E-state index contributed by atoms with van der Waals surface area (Å²) in [6.07, 6.45) is -0.540. The predicted octanol–water partition coefficient (Wildman–Crippen LogP) is 3.10. The Morgan fingerprint density at radius 1 is 0.966 bits per heavy atom. The lowest BCUT2D eigenvalue weighted by atomic mass is 10.2. The Morgan fingerprint density at radius 2 is 1.59 bits per heavy atom. The Balaban J connectivity index is 0.00000261. The number of nitrogen functional groups attached to an aromatic ring is 1. The largest absolute Gasteiger partial charge is 0.497 e. The van der Waals surface area contributed by atoms with Gasteiger partial charge in [0.15, 0.2) is 0 Å². The maximum atomic E-state index is 10.3. The van der Waals surface area contributed by atoms with Gasteiger partial charge in [0, 0.05) is 38.4 Å². The van der Waals surface area contributed by atoms with Crippen LogP contribution in [0.3, 0.4) is 0 Å². The van der Waals surface area contributed by atoms with Crippen LogP contribution in [-0.2, 0) is 0 Å². The van der Waals surface area contributed by atoms with Crippen molar-refractivity contribution >= 4 is 48.6 Å². The van der Waals surface area contributed by atoms with Crippen molar-refractivity contribution < 1.29 is 14.6 Å². The number of aliphatic hydroxyl groups is 1. The van der Waals surface area contributed by atoms with Crippen molar-refractivity contribution in [2.75, 3.05) is 57.1 Å². The van der Waals surface area contributed by atoms with Gasteiger partial charge in [0.25, 0.3) is 0 Å². The van der Waals surface area contributed by atoms with Gasteiger partial charge < -0.3 is 25.2 Å². The molecule has 1 heterocycles. The fraction of sp³-hybridized carbons (Fsp3) is 0.400. The molecule has 0 spiro atoms. The second-order valence-corrected chi connectivity index (χ2v) is 6.49. The average molecular weight is 467 g/mol. The summed E-state index contributed by atoms with van der Waals surface area (Å²) in [5, 5.41) is 10.3. The Hall–Kier alpha value is -1.57. The van der Waals surface area contributed by atoms with Crippen molar-refractivity contribution in [2.45, 2.75) is 6.10 Å². The topological polar surface area (TPSA) is 71.2 Å². The monoisotopic (exact) mass is 465 g/mol. The lowest BCUT2D eigenvalue weighted by Gasteiger charge is -2.36. The van der Waals surface area contributed by atoms with E-state index in [1.807, 2.05) is 30.3 Å². The predicted molar refractivity (Wildman–Crippen MR) is 126 cm³/mol. The summed E-state index contributed by atoms with van der Waals surface area (Å²) in [4.78, 5) is 4.62. The standard InChI is InChI=1S/C20H27N3O3.3ClH/c1-25-18-8-6-16(7-9-18)23-12-10-22(11-13-23)14-17(24)15-26-20-5-3-2-4-19(20)21;;;/h2-9,17,24H,10-15,21H2,1H3;3*1H. The maximum Gasteiger partial charge on any atom is 0.142 e. The van der Waals surface area contributed by atoms with Gasteiger partial charge in [0.2, 0.25) is 0 Å². The lowest BCUT2D eigenvalue weighted by molar-refractivity contribution is 0.0666. The number of methoxy groups -OCH3 is 1. The number of β-amino-alcohol motifs (C(OH)–C–C–N with tert-alkyl or cyclic N) is 1. The van der Waals surface area contributed by atoms with Crippen LogP contribution in [-0.4, -0.2) is 62.6 Å². The van der Waals surface area contributed by atoms with E-state index in [2.05, 4.69) is 21.9 Å². The van der Waals surface area contributed by atoms with Gasteiger partial charge >= 0.3 is 0 Å². The highest BCUT2D eigenvalue weighted by Gasteiger charge is 2.20. The fourth-order valence-electron chi connectivity index (χ4n) is 3.13. The average Bonchev–Trinajstić information content (AvgIpc) is 2.68. The van der Waals surface area contributed by atoms with Gasteiger partial charge in [-0.05, 0) is 36.4 Å². The van der Waals surface area contributed by atoms with Crippen LogP contribution in [0.5, 0.6) is 11.5 Å². The summed E-state index contributed by atoms with van der Waals surface area (Å²) in [7, 11) is 1.68. The van der Waals surface area contributed by atoms with Crippen molar-refractivity contribution in [1.82, 2.24) is 4.90 Å². The van der Waals surface area contributed by atoms with Crippen molar-refractivity contribution in [3.8, 4) is 11.5 Å². The molecule has 1 fully saturated rings. The van der Waals surface area contributed by atoms with E-state index in [1.165, 1.54) is 5.69 Å². The van der Waals surface area contributed by atoms with Gasteiger partial charge in [-0.3, -0.25) is 4.90 Å². The molecule has 1 atom stereocenters. The molecule has 0 aliphatic carbocycles. The van der Waals surface area contributed by atoms with Gasteiger partial charge in [-0.15, -0.1) is 37.2 Å². The molecule has 1 saturated heterocycles. The SMILES string of the molecule is COc1ccc(N2CCN(CC(O)COc3ccccc3N)CC2)cc1.Cl.Cl.Cl. The molecular formula is C20H30Cl3N3O3. The number of nitrogens with two attached hydrogens (primary N) is 1. The molecule has 3 N–H and O–H groups in total. The Bertz CT molecular complexity index is 699. The number of ether oxygens (including phenoxy) is 2. The van der Waals surface area contributed by atoms with Gasteiger partial charge in [-0.2, -0.15) is 0 Å². The van der Waals surface area contributed by atoms with Crippen molar-refractivity contribution in [3.63, 3.8) is 0 Å². The molecule has 9 heteroatoms. The van der Waals surface area contributed by atoms with E-state index in [4.69, 9.17) is 15.2 Å². The molecule has 6 nitrogen and oxygen atoms in total. The normalized spacial score (nSPS) is 14.6. The summed E-state index contributed by atoms with van der Waals surface area (Å²) in [5.74, 6) is 1.49. The zero-order valence-electron chi connectivity index (χ0n) is 16.4. The van der Waals surface area contributed by atoms with E-state index in [1.54, 1.807) is 13.2 Å². The number of anilines is 2. The summed E-state index contributed by atoms with van der Waals surface area (Å²) < 4.78 is 10.8. The minimum absolute atomic E-state index is 0. The van der Waals surface area contributed by atoms with Crippen LogP contribution in [0, 0.1) is 0 Å². The first kappa shape index (κ1) is 27.4. The molecule has 1 aliphatic heterocycles. The highest BCUT2D eigenvalue weighted by atomic mass is 35.5. The number of aliphatic hydroxyl groups excluding tert-OH is 1. The third-order valence-corrected chi connectivity index (χ3v) is 4.63. The van der Waals surface area contributed by atoms with Crippen LogP contribution in [0.25, 0.3) is 0 Å². The first-order chi connectivity index (χ1) is 12.7. The molecule has 1 unspecified atom stereocenters. The Kier molecular flexibility index (Phi) is 12.9. The number of halogens is 3. The van der Waals surface area contributed by atoms with Crippen LogP contribution in [0.1, 0.15) is 0 Å². The molecule has 1 aliphatic rings. The fourth-order valence-corrected chi connectivity index (χ4v) is 3.13. The first-order valence-corrected chi connectivity index (χ1v) is 8.92. The number of rotatable bonds is 7. The number of nitrogens with zero attached hydrogens (tertiary/aromatic N) is 2. The molecule has 0 saturated carbocycles. The quantitative estimate of drug-likeness (QED) is 0.611. The van der Waals surface area contributed by atoms with E-state index >= 15 is 0 Å². The van der Waals surface area contributed by atoms with Gasteiger partial charge in [-0.25, -0.2) is 0 Å². The summed E-state index contributed by atoms with van der Waals surface area (Å²) in [6, 6.07) is 15.5. The number of hydrogen-bond acceptors (Lipinski definition) is 6. The van der Waals surface area contributed by atoms with Crippen LogP contribution in [0.2, 0.25) is 0 Å². The number of piperazine rings is 1. The molecule has 0 bridgehead atoms. The van der Waals surface area contributed by atoms with E-state index in [-0.39, 0.29) is 43.8 Å². The molecule has 0 amide bonds. The highest BCUT2D eigenvalue weighted by Crippen LogP contribution is 2.21. The smallest absolute Gasteiger partial charge is 0.142 e. The zero-order valence-corrected chi connectivity index (χ0v) is 18.8. The van der Waals surface area contributed by atoms with Crippen molar-refractivity contribution in [3.05, 3.63) is 48.5 Å². The molecule has 3 rings (SSSR count). The molecule has 2 aromatic carbocycles. The van der Waals surface area contributed by atoms with E-state index < -0.39 is 6.10 Å². The second kappa shape index (κ2) is 13.6. The number of hydrogen-bond donors (Lipinski definition) is 2. The molecular weight excluding hydrogens is 437 g/mol. The minimum atomic E-state index is -0.540. The molecule has 29 heavy (non-hydrogen) atoms. The van der Waals surface area contributed by atoms with Crippen LogP contribution >= 0.6 is 37.2 Å². The van der Waals surface area contributed by atoms with E-state index in [0.717, 1.165) is 31.9 Å². The minimum Gasteiger partial charge on any atom is -0.497 e. The zero-order chi connectivity index (χ0) is 18.4. The molecule has 164 valence electrons. The summed E-state index contributed by atoms with van der Waals surface area (Å²) >= 11 is 0. The van der Waals surface area contributed by atoms with Gasteiger partial charge in [0.1, 0.15) is 24.2 Å². The van der Waals surface area contributed by atoms with E-state index in [9.17, 15) is 5.11 Å². The third-order valence-electron chi connectivity index (χ3n) is 4.63. The lowest BCUT2D eigenvalue weighted by Crippen LogP contribution is -2.49. The summed E-state index contributed by atoms with van der Waals surface area (Å²) in [6.45, 7) is 4.54. The number of benzene rings is 2. The first-order valence-electron chi connectivity index (χ1n) is 8.92. The second-order valence-electron chi connectivity index (χ2n) is 6.49. The molecule has 0 radical (unpaired) electrons. The van der Waals surface area contributed by atoms with Crippen LogP contribution < -0.4 is 20.1 Å². The third kappa shape index (κ3) is 7.99. The van der Waals surface area contributed by atoms with Crippen LogP contribution in [0.15, 0.2) is 48.5 Å². The van der Waals surface area contributed by atoms with Crippen LogP contribution in [0.4, 0.5) is 11.4 Å². The maximum absolute atomic E-state index is 10.3. The Morgan fingerprint density at radius 3 is 2.17 bits per heavy atom. The molecule has 2 aromatic rings. The Labute approximate surface area is 191 Å². The highest BCUT2D eigenvalue weighted by molar-refractivity contribution is 5.86. The summed E-state index contributed by atoms with van der Waals surface area (Å²) in [5.41, 5.74) is 7.64. The number of para-hydroxylation sites is 2.